The van der Waals surface area contributed by atoms with Crippen molar-refractivity contribution < 1.29 is 24.2 Å². The number of likely N-dealkylation sites (N-methyl/N-ethyl adjacent to an activating group) is 1. The van der Waals surface area contributed by atoms with E-state index < -0.39 is 36.5 Å². The molecule has 2 aromatic rings. The second-order valence-corrected chi connectivity index (χ2v) is 10.00. The lowest BCUT2D eigenvalue weighted by molar-refractivity contribution is -0.161. The Balaban J connectivity index is 2.21. The van der Waals surface area contributed by atoms with Gasteiger partial charge in [0.15, 0.2) is 0 Å². The molecule has 0 saturated heterocycles. The highest BCUT2D eigenvalue weighted by molar-refractivity contribution is 6.31. The van der Waals surface area contributed by atoms with Crippen molar-refractivity contribution in [2.24, 2.45) is 5.41 Å². The predicted octanol–water partition coefficient (Wildman–Crippen LogP) is 4.75. The van der Waals surface area contributed by atoms with E-state index in [1.165, 1.54) is 7.05 Å². The average molecular weight is 493 g/mol. The van der Waals surface area contributed by atoms with Crippen LogP contribution in [0.4, 0.5) is 5.69 Å². The van der Waals surface area contributed by atoms with Crippen LogP contribution in [0.15, 0.2) is 42.5 Å². The van der Waals surface area contributed by atoms with Gasteiger partial charge in [-0.2, -0.15) is 0 Å². The van der Waals surface area contributed by atoms with Crippen molar-refractivity contribution in [1.29, 1.82) is 0 Å². The maximum absolute atomic E-state index is 13.8. The smallest absolute Gasteiger partial charge is 0.312 e. The van der Waals surface area contributed by atoms with E-state index in [1.807, 2.05) is 20.8 Å². The molecule has 0 aromatic heterocycles. The molecule has 0 bridgehead atoms. The number of fused-ring (bicyclic) bond motifs is 1. The van der Waals surface area contributed by atoms with Gasteiger partial charge in [-0.3, -0.25) is 14.4 Å². The van der Waals surface area contributed by atoms with Gasteiger partial charge in [0.2, 0.25) is 12.1 Å². The summed E-state index contributed by atoms with van der Waals surface area (Å²) in [4.78, 5) is 40.1. The first-order valence-corrected chi connectivity index (χ1v) is 11.1. The molecule has 0 unspecified atom stereocenters. The summed E-state index contributed by atoms with van der Waals surface area (Å²) in [5, 5.41) is 9.95. The van der Waals surface area contributed by atoms with E-state index in [2.05, 4.69) is 0 Å². The Bertz CT molecular complexity index is 1080. The van der Waals surface area contributed by atoms with E-state index in [9.17, 15) is 14.4 Å². The van der Waals surface area contributed by atoms with Gasteiger partial charge in [-0.25, -0.2) is 0 Å². The van der Waals surface area contributed by atoms with Crippen LogP contribution in [0.2, 0.25) is 10.0 Å². The number of carboxylic acids is 1. The quantitative estimate of drug-likeness (QED) is 0.608. The molecule has 2 amide bonds. The van der Waals surface area contributed by atoms with Crippen molar-refractivity contribution in [3.63, 3.8) is 0 Å². The molecule has 3 rings (SSSR count). The third-order valence-electron chi connectivity index (χ3n) is 5.17. The first-order chi connectivity index (χ1) is 15.4. The minimum atomic E-state index is -1.37. The summed E-state index contributed by atoms with van der Waals surface area (Å²) in [7, 11) is 1.36. The molecule has 0 radical (unpaired) electrons. The molecule has 0 saturated carbocycles. The minimum absolute atomic E-state index is 0.287. The molecule has 1 heterocycles. The lowest BCUT2D eigenvalue weighted by Gasteiger charge is -2.33. The van der Waals surface area contributed by atoms with Gasteiger partial charge in [0.25, 0.3) is 5.91 Å². The summed E-state index contributed by atoms with van der Waals surface area (Å²) in [6.45, 7) is 6.29. The standard InChI is InChI=1S/C24H26Cl2N2O5/c1-24(2,3)13-28-18-10-9-14(25)11-16(18)21(15-7-5-6-8-17(15)26)33-23(22(28)32)27(4)19(29)12-20(30)31/h5-11,21,23H,12-13H2,1-4H3,(H,30,31)/t21-,23+/m0/s1. The third kappa shape index (κ3) is 5.66. The van der Waals surface area contributed by atoms with Gasteiger partial charge in [-0.15, -0.1) is 0 Å². The Kier molecular flexibility index (Phi) is 7.36. The molecule has 0 aliphatic carbocycles. The fraction of sp³-hybridized carbons (Fsp3) is 0.375. The van der Waals surface area contributed by atoms with Gasteiger partial charge in [0.05, 0.1) is 5.69 Å². The number of nitrogens with zero attached hydrogens (tertiary/aromatic N) is 2. The Morgan fingerprint density at radius 1 is 1.12 bits per heavy atom. The summed E-state index contributed by atoms with van der Waals surface area (Å²) in [6.07, 6.45) is -2.96. The van der Waals surface area contributed by atoms with Gasteiger partial charge < -0.3 is 19.6 Å². The number of hydrogen-bond acceptors (Lipinski definition) is 4. The molecule has 33 heavy (non-hydrogen) atoms. The second-order valence-electron chi connectivity index (χ2n) is 9.15. The SMILES string of the molecule is CN(C(=O)CC(=O)O)[C@@H]1O[C@@H](c2ccccc2Cl)c2cc(Cl)ccc2N(CC(C)(C)C)C1=O. The number of ether oxygens (including phenoxy) is 1. The van der Waals surface area contributed by atoms with Crippen LogP contribution in [-0.4, -0.2) is 47.6 Å². The fourth-order valence-corrected chi connectivity index (χ4v) is 4.12. The van der Waals surface area contributed by atoms with E-state index in [0.717, 1.165) is 4.90 Å². The maximum Gasteiger partial charge on any atom is 0.312 e. The number of aliphatic carboxylic acids is 1. The summed E-state index contributed by atoms with van der Waals surface area (Å²) < 4.78 is 6.26. The van der Waals surface area contributed by atoms with Gasteiger partial charge in [0, 0.05) is 34.8 Å². The van der Waals surface area contributed by atoms with Crippen molar-refractivity contribution in [1.82, 2.24) is 4.90 Å². The number of hydrogen-bond donors (Lipinski definition) is 1. The summed E-state index contributed by atoms with van der Waals surface area (Å²) in [6, 6.07) is 12.2. The molecule has 1 aliphatic rings. The molecule has 7 nitrogen and oxygen atoms in total. The van der Waals surface area contributed by atoms with Crippen molar-refractivity contribution in [2.75, 3.05) is 18.5 Å². The first kappa shape index (κ1) is 25.0. The number of rotatable bonds is 5. The lowest BCUT2D eigenvalue weighted by Crippen LogP contribution is -2.52. The molecule has 2 atom stereocenters. The highest BCUT2D eigenvalue weighted by Gasteiger charge is 2.41. The number of carbonyl (C=O) groups is 3. The van der Waals surface area contributed by atoms with E-state index in [4.69, 9.17) is 33.0 Å². The average Bonchev–Trinajstić information content (AvgIpc) is 2.82. The number of amides is 2. The molecular formula is C24H26Cl2N2O5. The van der Waals surface area contributed by atoms with E-state index in [1.54, 1.807) is 47.4 Å². The normalized spacial score (nSPS) is 18.5. The van der Waals surface area contributed by atoms with Crippen LogP contribution in [0.25, 0.3) is 0 Å². The van der Waals surface area contributed by atoms with E-state index >= 15 is 0 Å². The molecule has 0 fully saturated rings. The van der Waals surface area contributed by atoms with Crippen molar-refractivity contribution in [2.45, 2.75) is 39.5 Å². The molecular weight excluding hydrogens is 467 g/mol. The number of benzene rings is 2. The Morgan fingerprint density at radius 2 is 1.79 bits per heavy atom. The van der Waals surface area contributed by atoms with Crippen LogP contribution in [-0.2, 0) is 19.1 Å². The topological polar surface area (TPSA) is 87.2 Å². The largest absolute Gasteiger partial charge is 0.481 e. The van der Waals surface area contributed by atoms with Crippen LogP contribution < -0.4 is 4.90 Å². The molecule has 2 aromatic carbocycles. The van der Waals surface area contributed by atoms with Gasteiger partial charge >= 0.3 is 5.97 Å². The third-order valence-corrected chi connectivity index (χ3v) is 5.75. The van der Waals surface area contributed by atoms with Crippen LogP contribution >= 0.6 is 23.2 Å². The number of halogens is 2. The zero-order valence-corrected chi connectivity index (χ0v) is 20.4. The van der Waals surface area contributed by atoms with Crippen LogP contribution in [0, 0.1) is 5.41 Å². The summed E-state index contributed by atoms with van der Waals surface area (Å²) in [5.74, 6) is -2.53. The molecule has 9 heteroatoms. The van der Waals surface area contributed by atoms with E-state index in [-0.39, 0.29) is 5.41 Å². The molecule has 0 spiro atoms. The Hall–Kier alpha value is -2.61. The fourth-order valence-electron chi connectivity index (χ4n) is 3.70. The Morgan fingerprint density at radius 3 is 2.39 bits per heavy atom. The lowest BCUT2D eigenvalue weighted by atomic mass is 9.94. The van der Waals surface area contributed by atoms with Crippen LogP contribution in [0.1, 0.15) is 44.4 Å². The van der Waals surface area contributed by atoms with E-state index in [0.29, 0.717) is 33.4 Å². The number of carbonyl (C=O) groups excluding carboxylic acids is 2. The highest BCUT2D eigenvalue weighted by Crippen LogP contribution is 2.42. The van der Waals surface area contributed by atoms with Gasteiger partial charge in [-0.1, -0.05) is 62.2 Å². The highest BCUT2D eigenvalue weighted by atomic mass is 35.5. The molecule has 176 valence electrons. The zero-order valence-electron chi connectivity index (χ0n) is 18.8. The van der Waals surface area contributed by atoms with Crippen molar-refractivity contribution >= 4 is 46.7 Å². The number of carboxylic acid groups (broad SMARTS) is 1. The van der Waals surface area contributed by atoms with Gasteiger partial charge in [0.1, 0.15) is 12.5 Å². The monoisotopic (exact) mass is 492 g/mol. The van der Waals surface area contributed by atoms with Gasteiger partial charge in [-0.05, 0) is 29.7 Å². The summed E-state index contributed by atoms with van der Waals surface area (Å²) >= 11 is 12.8. The molecule has 1 aliphatic heterocycles. The van der Waals surface area contributed by atoms with Crippen molar-refractivity contribution in [3.8, 4) is 0 Å². The van der Waals surface area contributed by atoms with Crippen LogP contribution in [0.5, 0.6) is 0 Å². The first-order valence-electron chi connectivity index (χ1n) is 10.4. The Labute approximate surface area is 202 Å². The number of anilines is 1. The second kappa shape index (κ2) is 9.71. The molecule has 1 N–H and O–H groups in total. The minimum Gasteiger partial charge on any atom is -0.481 e. The van der Waals surface area contributed by atoms with Crippen LogP contribution in [0.3, 0.4) is 0 Å². The summed E-state index contributed by atoms with van der Waals surface area (Å²) in [5.41, 5.74) is 1.52. The zero-order chi connectivity index (χ0) is 24.5. The van der Waals surface area contributed by atoms with Crippen molar-refractivity contribution in [3.05, 3.63) is 63.6 Å². The predicted molar refractivity (Wildman–Crippen MR) is 126 cm³/mol. The maximum atomic E-state index is 13.8.